The minimum atomic E-state index is -1.06. The molecule has 3 fully saturated rings. The minimum Gasteiger partial charge on any atom is -0.396 e. The van der Waals surface area contributed by atoms with Gasteiger partial charge in [-0.1, -0.05) is 19.1 Å². The quantitative estimate of drug-likeness (QED) is 0.488. The maximum absolute atomic E-state index is 14.2. The van der Waals surface area contributed by atoms with Gasteiger partial charge in [-0.3, -0.25) is 14.4 Å². The van der Waals surface area contributed by atoms with E-state index in [0.29, 0.717) is 38.8 Å². The molecule has 190 valence electrons. The minimum absolute atomic E-state index is 0.0951. The number of likely N-dealkylation sites (N-methyl/N-ethyl adjacent to an activating group) is 1. The Morgan fingerprint density at radius 2 is 1.85 bits per heavy atom. The van der Waals surface area contributed by atoms with E-state index in [0.717, 1.165) is 0 Å². The molecule has 8 nitrogen and oxygen atoms in total. The summed E-state index contributed by atoms with van der Waals surface area (Å²) in [5.74, 6) is -1.93. The van der Waals surface area contributed by atoms with E-state index in [1.807, 2.05) is 27.7 Å². The maximum atomic E-state index is 14.2. The highest BCUT2D eigenvalue weighted by atomic mass is 16.5. The molecule has 0 aromatic carbocycles. The van der Waals surface area contributed by atoms with Crippen molar-refractivity contribution in [1.82, 2.24) is 14.7 Å². The van der Waals surface area contributed by atoms with Gasteiger partial charge in [0.05, 0.1) is 17.4 Å². The summed E-state index contributed by atoms with van der Waals surface area (Å²) in [4.78, 5) is 46.7. The van der Waals surface area contributed by atoms with Gasteiger partial charge in [0.25, 0.3) is 0 Å². The molecule has 0 saturated carbocycles. The number of hydrogen-bond donors (Lipinski definition) is 1. The number of hydrogen-bond acceptors (Lipinski definition) is 5. The first-order valence-corrected chi connectivity index (χ1v) is 12.4. The molecule has 3 amide bonds. The van der Waals surface area contributed by atoms with Crippen LogP contribution in [0.5, 0.6) is 0 Å². The van der Waals surface area contributed by atoms with E-state index in [1.54, 1.807) is 33.9 Å². The van der Waals surface area contributed by atoms with Crippen LogP contribution in [0.2, 0.25) is 0 Å². The molecule has 0 aromatic heterocycles. The van der Waals surface area contributed by atoms with E-state index < -0.39 is 34.6 Å². The Bertz CT molecular complexity index is 852. The average molecular weight is 476 g/mol. The maximum Gasteiger partial charge on any atom is 0.249 e. The third-order valence-corrected chi connectivity index (χ3v) is 7.90. The van der Waals surface area contributed by atoms with E-state index in [9.17, 15) is 19.5 Å². The summed E-state index contributed by atoms with van der Waals surface area (Å²) >= 11 is 0. The summed E-state index contributed by atoms with van der Waals surface area (Å²) in [6, 6.07) is -0.841. The number of aliphatic hydroxyl groups excluding tert-OH is 1. The zero-order valence-electron chi connectivity index (χ0n) is 21.4. The molecule has 3 saturated heterocycles. The molecule has 1 N–H and O–H groups in total. The van der Waals surface area contributed by atoms with Crippen LogP contribution in [-0.2, 0) is 19.1 Å². The number of likely N-dealkylation sites (tertiary alicyclic amines) is 1. The van der Waals surface area contributed by atoms with Gasteiger partial charge in [0.15, 0.2) is 0 Å². The second-order valence-electron chi connectivity index (χ2n) is 10.9. The van der Waals surface area contributed by atoms with Gasteiger partial charge in [0, 0.05) is 38.8 Å². The fraction of sp³-hybridized carbons (Fsp3) is 0.731. The molecule has 0 radical (unpaired) electrons. The monoisotopic (exact) mass is 475 g/mol. The van der Waals surface area contributed by atoms with Crippen LogP contribution in [-0.4, -0.2) is 93.6 Å². The fourth-order valence-corrected chi connectivity index (χ4v) is 6.35. The Morgan fingerprint density at radius 3 is 2.38 bits per heavy atom. The molecular weight excluding hydrogens is 434 g/mol. The van der Waals surface area contributed by atoms with E-state index in [2.05, 4.69) is 13.2 Å². The first-order chi connectivity index (χ1) is 16.0. The highest BCUT2D eigenvalue weighted by Gasteiger charge is 2.79. The van der Waals surface area contributed by atoms with Crippen molar-refractivity contribution < 1.29 is 24.2 Å². The molecule has 3 aliphatic heterocycles. The standard InChI is InChI=1S/C26H41N3O5/c1-8-14-27(7)21(31)18-19-22(32)28(16-11-17-30)20(23(33)29(15-9-2)24(4,5)6)26(19)13-12-25(18,10-3)34-26/h8-9,18-20,30H,1-2,10-17H2,3-7H3/t18-,19-,20?,25+,26?/m0/s1. The van der Waals surface area contributed by atoms with Crippen LogP contribution in [0.4, 0.5) is 0 Å². The molecule has 8 heteroatoms. The lowest BCUT2D eigenvalue weighted by molar-refractivity contribution is -0.157. The first-order valence-electron chi connectivity index (χ1n) is 12.4. The third kappa shape index (κ3) is 3.88. The highest BCUT2D eigenvalue weighted by Crippen LogP contribution is 2.64. The van der Waals surface area contributed by atoms with Crippen molar-refractivity contribution in [2.75, 3.05) is 33.3 Å². The Labute approximate surface area is 203 Å². The van der Waals surface area contributed by atoms with E-state index in [-0.39, 0.29) is 30.9 Å². The third-order valence-electron chi connectivity index (χ3n) is 7.90. The number of aliphatic hydroxyl groups is 1. The Kier molecular flexibility index (Phi) is 7.35. The largest absolute Gasteiger partial charge is 0.396 e. The summed E-state index contributed by atoms with van der Waals surface area (Å²) in [7, 11) is 1.71. The van der Waals surface area contributed by atoms with Crippen molar-refractivity contribution in [3.8, 4) is 0 Å². The van der Waals surface area contributed by atoms with Crippen molar-refractivity contribution in [3.05, 3.63) is 25.3 Å². The summed E-state index contributed by atoms with van der Waals surface area (Å²) in [6.07, 6.45) is 5.45. The normalized spacial score (nSPS) is 32.0. The number of nitrogens with zero attached hydrogens (tertiary/aromatic N) is 3. The Morgan fingerprint density at radius 1 is 1.21 bits per heavy atom. The van der Waals surface area contributed by atoms with Crippen LogP contribution in [0.1, 0.15) is 53.4 Å². The van der Waals surface area contributed by atoms with Gasteiger partial charge < -0.3 is 24.5 Å². The molecule has 1 spiro atoms. The molecule has 3 aliphatic rings. The molecule has 0 aliphatic carbocycles. The van der Waals surface area contributed by atoms with Crippen molar-refractivity contribution in [2.24, 2.45) is 11.8 Å². The van der Waals surface area contributed by atoms with Crippen LogP contribution >= 0.6 is 0 Å². The number of rotatable bonds is 10. The Hall–Kier alpha value is -2.19. The molecule has 5 atom stereocenters. The molecule has 3 rings (SSSR count). The van der Waals surface area contributed by atoms with E-state index in [1.165, 1.54) is 0 Å². The zero-order valence-corrected chi connectivity index (χ0v) is 21.4. The SMILES string of the molecule is C=CCN(C)C(=O)[C@@H]1[C@H]2C(=O)N(CCCO)C(C(=O)N(CC=C)C(C)(C)C)C23CC[C@@]1(CC)O3. The molecule has 0 aromatic rings. The topological polar surface area (TPSA) is 90.4 Å². The smallest absolute Gasteiger partial charge is 0.249 e. The predicted molar refractivity (Wildman–Crippen MR) is 130 cm³/mol. The Balaban J connectivity index is 2.13. The molecule has 3 heterocycles. The summed E-state index contributed by atoms with van der Waals surface area (Å²) in [5.41, 5.74) is -2.32. The van der Waals surface area contributed by atoms with Gasteiger partial charge in [-0.15, -0.1) is 13.2 Å². The predicted octanol–water partition coefficient (Wildman–Crippen LogP) is 1.98. The van der Waals surface area contributed by atoms with E-state index in [4.69, 9.17) is 4.74 Å². The van der Waals surface area contributed by atoms with Crippen LogP contribution in [0.15, 0.2) is 25.3 Å². The number of fused-ring (bicyclic) bond motifs is 1. The summed E-state index contributed by atoms with van der Waals surface area (Å²) < 4.78 is 6.77. The second-order valence-corrected chi connectivity index (χ2v) is 10.9. The lowest BCUT2D eigenvalue weighted by Crippen LogP contribution is -2.60. The molecule has 2 unspecified atom stereocenters. The summed E-state index contributed by atoms with van der Waals surface area (Å²) in [5, 5.41) is 9.50. The van der Waals surface area contributed by atoms with Crippen LogP contribution in [0.3, 0.4) is 0 Å². The molecular formula is C26H41N3O5. The second kappa shape index (κ2) is 9.46. The molecule has 2 bridgehead atoms. The zero-order chi connectivity index (χ0) is 25.5. The highest BCUT2D eigenvalue weighted by molar-refractivity contribution is 5.99. The fourth-order valence-electron chi connectivity index (χ4n) is 6.35. The molecule has 34 heavy (non-hydrogen) atoms. The average Bonchev–Trinajstić information content (AvgIpc) is 3.38. The van der Waals surface area contributed by atoms with Crippen LogP contribution < -0.4 is 0 Å². The van der Waals surface area contributed by atoms with Gasteiger partial charge in [0.1, 0.15) is 11.6 Å². The van der Waals surface area contributed by atoms with E-state index >= 15 is 0 Å². The number of carbonyl (C=O) groups is 3. The van der Waals surface area contributed by atoms with Crippen molar-refractivity contribution in [3.63, 3.8) is 0 Å². The van der Waals surface area contributed by atoms with Gasteiger partial charge in [0.2, 0.25) is 17.7 Å². The lowest BCUT2D eigenvalue weighted by Gasteiger charge is -2.42. The number of ether oxygens (including phenoxy) is 1. The van der Waals surface area contributed by atoms with Crippen molar-refractivity contribution in [2.45, 2.75) is 76.2 Å². The van der Waals surface area contributed by atoms with Crippen molar-refractivity contribution in [1.29, 1.82) is 0 Å². The van der Waals surface area contributed by atoms with Gasteiger partial charge >= 0.3 is 0 Å². The lowest BCUT2D eigenvalue weighted by atomic mass is 9.64. The van der Waals surface area contributed by atoms with Crippen LogP contribution in [0, 0.1) is 11.8 Å². The number of carbonyl (C=O) groups excluding carboxylic acids is 3. The first kappa shape index (κ1) is 26.4. The van der Waals surface area contributed by atoms with Crippen LogP contribution in [0.25, 0.3) is 0 Å². The van der Waals surface area contributed by atoms with Gasteiger partial charge in [-0.05, 0) is 46.5 Å². The van der Waals surface area contributed by atoms with Gasteiger partial charge in [-0.2, -0.15) is 0 Å². The summed E-state index contributed by atoms with van der Waals surface area (Å²) in [6.45, 7) is 16.3. The number of amides is 3. The van der Waals surface area contributed by atoms with Gasteiger partial charge in [-0.25, -0.2) is 0 Å². The van der Waals surface area contributed by atoms with Crippen molar-refractivity contribution >= 4 is 17.7 Å².